The van der Waals surface area contributed by atoms with E-state index in [4.69, 9.17) is 0 Å². The minimum Gasteiger partial charge on any atom is -0.483 e. The molecule has 0 aromatic heterocycles. The van der Waals surface area contributed by atoms with Crippen LogP contribution in [-0.4, -0.2) is 26.9 Å². The highest BCUT2D eigenvalue weighted by molar-refractivity contribution is 14.1. The first kappa shape index (κ1) is 10.3. The van der Waals surface area contributed by atoms with Crippen molar-refractivity contribution in [1.29, 1.82) is 0 Å². The van der Waals surface area contributed by atoms with Crippen molar-refractivity contribution >= 4 is 42.7 Å². The third-order valence-electron chi connectivity index (χ3n) is 0.592. The molecule has 0 aliphatic rings. The molecule has 0 unspecified atom stereocenters. The lowest BCUT2D eigenvalue weighted by Gasteiger charge is -2.00. The lowest BCUT2D eigenvalue weighted by atomic mass is 10.4. The molecule has 2 N–H and O–H groups in total. The molecule has 0 aliphatic carbocycles. The third-order valence-corrected chi connectivity index (χ3v) is 1.03. The van der Waals surface area contributed by atoms with Gasteiger partial charge in [0, 0.05) is 7.05 Å². The zero-order chi connectivity index (χ0) is 8.69. The standard InChI is InChI=1S/C3H5BIN2O4/c1-6-2(8)10-4-11-3(9)7-5/h1H3,(H,6,8)(H,7,9). The molecule has 0 aromatic rings. The van der Waals surface area contributed by atoms with Gasteiger partial charge in [0.1, 0.15) is 0 Å². The van der Waals surface area contributed by atoms with E-state index < -0.39 is 12.2 Å². The molecular formula is C3H5BIN2O4. The van der Waals surface area contributed by atoms with Crippen LogP contribution in [-0.2, 0) is 9.31 Å². The van der Waals surface area contributed by atoms with Gasteiger partial charge in [0.15, 0.2) is 0 Å². The van der Waals surface area contributed by atoms with Crippen molar-refractivity contribution in [3.63, 3.8) is 0 Å². The largest absolute Gasteiger partial charge is 0.664 e. The van der Waals surface area contributed by atoms with Gasteiger partial charge in [-0.25, -0.2) is 9.59 Å². The Morgan fingerprint density at radius 1 is 1.36 bits per heavy atom. The van der Waals surface area contributed by atoms with E-state index in [1.165, 1.54) is 7.05 Å². The van der Waals surface area contributed by atoms with Crippen molar-refractivity contribution in [2.45, 2.75) is 0 Å². The van der Waals surface area contributed by atoms with E-state index in [1.54, 1.807) is 22.9 Å². The first-order valence-electron chi connectivity index (χ1n) is 2.48. The molecule has 0 heterocycles. The van der Waals surface area contributed by atoms with Crippen molar-refractivity contribution in [1.82, 2.24) is 8.85 Å². The van der Waals surface area contributed by atoms with Crippen molar-refractivity contribution in [3.05, 3.63) is 0 Å². The van der Waals surface area contributed by atoms with Crippen molar-refractivity contribution in [2.24, 2.45) is 0 Å². The van der Waals surface area contributed by atoms with Gasteiger partial charge in [0.25, 0.3) is 0 Å². The van der Waals surface area contributed by atoms with Gasteiger partial charge >= 0.3 is 19.9 Å². The topological polar surface area (TPSA) is 76.7 Å². The lowest BCUT2D eigenvalue weighted by Crippen LogP contribution is -2.25. The number of carbonyl (C=O) groups is 2. The summed E-state index contributed by atoms with van der Waals surface area (Å²) >= 11 is 1.58. The summed E-state index contributed by atoms with van der Waals surface area (Å²) in [7, 11) is 2.02. The van der Waals surface area contributed by atoms with E-state index in [0.29, 0.717) is 7.69 Å². The summed E-state index contributed by atoms with van der Waals surface area (Å²) in [4.78, 5) is 20.6. The maximum Gasteiger partial charge on any atom is 0.664 e. The number of hydrogen-bond donors (Lipinski definition) is 2. The van der Waals surface area contributed by atoms with Crippen LogP contribution in [0.5, 0.6) is 0 Å². The number of amides is 2. The summed E-state index contributed by atoms with van der Waals surface area (Å²) in [6, 6.07) is 0. The smallest absolute Gasteiger partial charge is 0.483 e. The van der Waals surface area contributed by atoms with Gasteiger partial charge in [-0.1, -0.05) is 0 Å². The number of nitrogens with one attached hydrogen (secondary N) is 2. The molecule has 0 fully saturated rings. The zero-order valence-electron chi connectivity index (χ0n) is 5.59. The predicted molar refractivity (Wildman–Crippen MR) is 44.9 cm³/mol. The fraction of sp³-hybridized carbons (Fsp3) is 0.333. The average Bonchev–Trinajstić information content (AvgIpc) is 2.04. The molecule has 0 saturated carbocycles. The van der Waals surface area contributed by atoms with E-state index >= 15 is 0 Å². The van der Waals surface area contributed by atoms with Crippen LogP contribution in [0.1, 0.15) is 0 Å². The van der Waals surface area contributed by atoms with Gasteiger partial charge in [0.2, 0.25) is 0 Å². The average molecular weight is 271 g/mol. The second-order valence-electron chi connectivity index (χ2n) is 1.25. The van der Waals surface area contributed by atoms with E-state index in [0.717, 1.165) is 0 Å². The van der Waals surface area contributed by atoms with Crippen molar-refractivity contribution in [3.8, 4) is 0 Å². The molecule has 0 saturated heterocycles. The van der Waals surface area contributed by atoms with E-state index in [-0.39, 0.29) is 0 Å². The second-order valence-corrected chi connectivity index (χ2v) is 1.79. The van der Waals surface area contributed by atoms with Gasteiger partial charge in [-0.3, -0.25) is 3.53 Å². The molecule has 11 heavy (non-hydrogen) atoms. The summed E-state index contributed by atoms with van der Waals surface area (Å²) in [5.41, 5.74) is 0. The first-order valence-corrected chi connectivity index (χ1v) is 3.56. The van der Waals surface area contributed by atoms with Crippen LogP contribution in [0.15, 0.2) is 0 Å². The fourth-order valence-electron chi connectivity index (χ4n) is 0.193. The quantitative estimate of drug-likeness (QED) is 0.419. The van der Waals surface area contributed by atoms with Gasteiger partial charge in [-0.05, 0) is 0 Å². The normalized spacial score (nSPS) is 7.82. The minimum absolute atomic E-state index is 0.632. The highest BCUT2D eigenvalue weighted by Gasteiger charge is 2.06. The third kappa shape index (κ3) is 5.76. The molecule has 0 aromatic carbocycles. The Hall–Kier alpha value is -0.665. The molecule has 0 spiro atoms. The molecule has 6 nitrogen and oxygen atoms in total. The molecule has 0 atom stereocenters. The molecule has 0 aliphatic heterocycles. The Balaban J connectivity index is 3.27. The number of rotatable bonds is 2. The lowest BCUT2D eigenvalue weighted by molar-refractivity contribution is 0.184. The Morgan fingerprint density at radius 2 is 1.91 bits per heavy atom. The summed E-state index contributed by atoms with van der Waals surface area (Å²) < 4.78 is 10.5. The number of carbonyl (C=O) groups excluding carboxylic acids is 2. The van der Waals surface area contributed by atoms with Gasteiger partial charge in [-0.2, -0.15) is 0 Å². The summed E-state index contributed by atoms with van der Waals surface area (Å²) in [6.45, 7) is 0. The Bertz CT molecular complexity index is 138. The molecule has 2 amide bonds. The van der Waals surface area contributed by atoms with Crippen LogP contribution in [0.25, 0.3) is 0 Å². The molecule has 0 bridgehead atoms. The van der Waals surface area contributed by atoms with E-state index in [2.05, 4.69) is 18.2 Å². The van der Waals surface area contributed by atoms with E-state index in [1.807, 2.05) is 0 Å². The molecule has 8 heteroatoms. The summed E-state index contributed by atoms with van der Waals surface area (Å²) in [6.07, 6.45) is -1.42. The van der Waals surface area contributed by atoms with Crippen LogP contribution in [0.2, 0.25) is 0 Å². The van der Waals surface area contributed by atoms with Crippen LogP contribution in [0.3, 0.4) is 0 Å². The maximum atomic E-state index is 10.3. The van der Waals surface area contributed by atoms with Crippen LogP contribution >= 0.6 is 22.9 Å². The molecular weight excluding hydrogens is 266 g/mol. The molecule has 0 rings (SSSR count). The summed E-state index contributed by atoms with van der Waals surface area (Å²) in [5.74, 6) is 0. The fourth-order valence-corrected chi connectivity index (χ4v) is 0.320. The minimum atomic E-state index is -0.713. The Kier molecular flexibility index (Phi) is 5.70. The zero-order valence-corrected chi connectivity index (χ0v) is 7.75. The highest BCUT2D eigenvalue weighted by atomic mass is 127. The van der Waals surface area contributed by atoms with Crippen LogP contribution < -0.4 is 8.85 Å². The number of hydrogen-bond acceptors (Lipinski definition) is 4. The monoisotopic (exact) mass is 271 g/mol. The van der Waals surface area contributed by atoms with E-state index in [9.17, 15) is 9.59 Å². The maximum absolute atomic E-state index is 10.3. The van der Waals surface area contributed by atoms with Gasteiger partial charge in [0.05, 0.1) is 22.9 Å². The van der Waals surface area contributed by atoms with Crippen molar-refractivity contribution < 1.29 is 18.9 Å². The van der Waals surface area contributed by atoms with Gasteiger partial charge < -0.3 is 14.6 Å². The highest BCUT2D eigenvalue weighted by Crippen LogP contribution is 1.80. The van der Waals surface area contributed by atoms with Crippen molar-refractivity contribution in [2.75, 3.05) is 7.05 Å². The van der Waals surface area contributed by atoms with Crippen LogP contribution in [0.4, 0.5) is 9.59 Å². The predicted octanol–water partition coefficient (Wildman–Crippen LogP) is -0.0472. The molecule has 1 radical (unpaired) electrons. The Labute approximate surface area is 77.8 Å². The van der Waals surface area contributed by atoms with Crippen LogP contribution in [0, 0.1) is 0 Å². The van der Waals surface area contributed by atoms with Gasteiger partial charge in [-0.15, -0.1) is 0 Å². The number of halogens is 1. The molecule has 61 valence electrons. The first-order chi connectivity index (χ1) is 5.20. The second kappa shape index (κ2) is 6.07. The SMILES string of the molecule is CNC(=O)O[B]OC(=O)NI. The summed E-state index contributed by atoms with van der Waals surface area (Å²) in [5, 5.41) is 2.15. The Morgan fingerprint density at radius 3 is 2.36 bits per heavy atom.